The van der Waals surface area contributed by atoms with Gasteiger partial charge in [0, 0.05) is 32.2 Å². The van der Waals surface area contributed by atoms with Gasteiger partial charge >= 0.3 is 6.09 Å². The quantitative estimate of drug-likeness (QED) is 0.682. The number of alkyl carbamates (subject to hydrolysis) is 1. The summed E-state index contributed by atoms with van der Waals surface area (Å²) in [6, 6.07) is 3.03. The van der Waals surface area contributed by atoms with Crippen LogP contribution in [0, 0.1) is 5.92 Å². The van der Waals surface area contributed by atoms with Crippen molar-refractivity contribution in [2.24, 2.45) is 5.92 Å². The second kappa shape index (κ2) is 9.84. The number of carbonyl (C=O) groups excluding carboxylic acids is 3. The highest BCUT2D eigenvalue weighted by Crippen LogP contribution is 2.33. The first kappa shape index (κ1) is 24.6. The number of nitrogens with two attached hydrogens (primary N) is 1. The molecule has 0 radical (unpaired) electrons. The first-order valence-electron chi connectivity index (χ1n) is 11.5. The van der Waals surface area contributed by atoms with Crippen molar-refractivity contribution in [3.8, 4) is 0 Å². The summed E-state index contributed by atoms with van der Waals surface area (Å²) in [6.07, 6.45) is 2.31. The van der Waals surface area contributed by atoms with Crippen molar-refractivity contribution >= 4 is 29.4 Å². The Labute approximate surface area is 195 Å². The van der Waals surface area contributed by atoms with Gasteiger partial charge in [0.25, 0.3) is 0 Å². The van der Waals surface area contributed by atoms with Crippen LogP contribution in [0.25, 0.3) is 0 Å². The number of hydrogen-bond acceptors (Lipinski definition) is 7. The van der Waals surface area contributed by atoms with E-state index in [9.17, 15) is 14.4 Å². The maximum absolute atomic E-state index is 13.7. The van der Waals surface area contributed by atoms with E-state index in [1.807, 2.05) is 37.8 Å². The van der Waals surface area contributed by atoms with Crippen molar-refractivity contribution in [2.45, 2.75) is 58.2 Å². The van der Waals surface area contributed by atoms with Gasteiger partial charge in [-0.2, -0.15) is 0 Å². The van der Waals surface area contributed by atoms with Crippen LogP contribution in [-0.4, -0.2) is 83.6 Å². The second-order valence-electron chi connectivity index (χ2n) is 9.47. The SMILES string of the molecule is COC(=O)N[C@H](C(=O)N1CCC[C@@]1(C)C(=O)N1CCN(c2ccc(N)cn2)[C@H](C)C1)C(C)C. The molecular weight excluding hydrogens is 424 g/mol. The van der Waals surface area contributed by atoms with Gasteiger partial charge in [0.05, 0.1) is 19.0 Å². The van der Waals surface area contributed by atoms with Gasteiger partial charge < -0.3 is 30.5 Å². The van der Waals surface area contributed by atoms with E-state index in [2.05, 4.69) is 22.1 Å². The van der Waals surface area contributed by atoms with E-state index >= 15 is 0 Å². The number of likely N-dealkylation sites (tertiary alicyclic amines) is 1. The van der Waals surface area contributed by atoms with Gasteiger partial charge in [0.2, 0.25) is 11.8 Å². The van der Waals surface area contributed by atoms with Gasteiger partial charge in [0.1, 0.15) is 17.4 Å². The molecule has 2 aliphatic rings. The molecule has 0 aromatic carbocycles. The summed E-state index contributed by atoms with van der Waals surface area (Å²) in [7, 11) is 1.27. The van der Waals surface area contributed by atoms with Crippen LogP contribution in [0.15, 0.2) is 18.3 Å². The Kier molecular flexibility index (Phi) is 7.34. The van der Waals surface area contributed by atoms with Crippen LogP contribution in [0.2, 0.25) is 0 Å². The number of methoxy groups -OCH3 is 1. The van der Waals surface area contributed by atoms with Crippen LogP contribution in [-0.2, 0) is 14.3 Å². The van der Waals surface area contributed by atoms with Gasteiger partial charge in [0.15, 0.2) is 0 Å². The Morgan fingerprint density at radius 2 is 1.97 bits per heavy atom. The molecule has 10 nitrogen and oxygen atoms in total. The molecule has 0 spiro atoms. The number of rotatable bonds is 5. The van der Waals surface area contributed by atoms with Crippen LogP contribution in [0.5, 0.6) is 0 Å². The number of pyridine rings is 1. The Balaban J connectivity index is 1.73. The van der Waals surface area contributed by atoms with Crippen molar-refractivity contribution < 1.29 is 19.1 Å². The topological polar surface area (TPSA) is 121 Å². The van der Waals surface area contributed by atoms with Crippen LogP contribution in [0.1, 0.15) is 40.5 Å². The average Bonchev–Trinajstić information content (AvgIpc) is 3.19. The van der Waals surface area contributed by atoms with Gasteiger partial charge in [-0.25, -0.2) is 9.78 Å². The van der Waals surface area contributed by atoms with E-state index in [0.29, 0.717) is 38.3 Å². The molecule has 3 amide bonds. The number of nitrogen functional groups attached to an aromatic ring is 1. The van der Waals surface area contributed by atoms with Crippen molar-refractivity contribution in [3.63, 3.8) is 0 Å². The van der Waals surface area contributed by atoms with Gasteiger partial charge in [-0.1, -0.05) is 13.8 Å². The summed E-state index contributed by atoms with van der Waals surface area (Å²) in [5, 5.41) is 2.63. The molecule has 0 aliphatic carbocycles. The standard InChI is InChI=1S/C23H36N6O4/c1-15(2)19(26-22(32)33-5)20(30)29-10-6-9-23(29,4)21(31)27-11-12-28(16(3)14-27)18-8-7-17(24)13-25-18/h7-8,13,15-16,19H,6,9-12,14,24H2,1-5H3,(H,26,32)/t16-,19+,23+/m1/s1. The summed E-state index contributed by atoms with van der Waals surface area (Å²) in [5.41, 5.74) is 5.42. The number of carbonyl (C=O) groups is 3. The van der Waals surface area contributed by atoms with E-state index in [1.54, 1.807) is 11.1 Å². The molecule has 2 saturated heterocycles. The third kappa shape index (κ3) is 4.99. The van der Waals surface area contributed by atoms with Crippen LogP contribution < -0.4 is 16.0 Å². The third-order valence-electron chi connectivity index (χ3n) is 6.74. The minimum atomic E-state index is -0.941. The number of nitrogens with zero attached hydrogens (tertiary/aromatic N) is 4. The van der Waals surface area contributed by atoms with Gasteiger partial charge in [-0.3, -0.25) is 9.59 Å². The molecule has 33 heavy (non-hydrogen) atoms. The Morgan fingerprint density at radius 3 is 2.55 bits per heavy atom. The predicted molar refractivity (Wildman–Crippen MR) is 126 cm³/mol. The molecule has 3 N–H and O–H groups in total. The average molecular weight is 461 g/mol. The molecule has 10 heteroatoms. The largest absolute Gasteiger partial charge is 0.453 e. The lowest BCUT2D eigenvalue weighted by atomic mass is 9.93. The molecular formula is C23H36N6O4. The Morgan fingerprint density at radius 1 is 1.24 bits per heavy atom. The molecule has 2 aliphatic heterocycles. The van der Waals surface area contributed by atoms with E-state index in [0.717, 1.165) is 12.2 Å². The molecule has 3 atom stereocenters. The number of ether oxygens (including phenoxy) is 1. The molecule has 2 fully saturated rings. The zero-order valence-electron chi connectivity index (χ0n) is 20.2. The van der Waals surface area contributed by atoms with Gasteiger partial charge in [-0.05, 0) is 44.7 Å². The van der Waals surface area contributed by atoms with Crippen molar-refractivity contribution in [3.05, 3.63) is 18.3 Å². The minimum absolute atomic E-state index is 0.0503. The maximum atomic E-state index is 13.7. The molecule has 1 aromatic heterocycles. The monoisotopic (exact) mass is 460 g/mol. The summed E-state index contributed by atoms with van der Waals surface area (Å²) < 4.78 is 4.69. The number of piperazine rings is 1. The molecule has 182 valence electrons. The molecule has 3 heterocycles. The number of anilines is 2. The first-order chi connectivity index (χ1) is 15.6. The number of hydrogen-bond donors (Lipinski definition) is 2. The summed E-state index contributed by atoms with van der Waals surface area (Å²) in [6.45, 7) is 9.84. The van der Waals surface area contributed by atoms with E-state index < -0.39 is 17.7 Å². The third-order valence-corrected chi connectivity index (χ3v) is 6.74. The fraction of sp³-hybridized carbons (Fsp3) is 0.652. The highest BCUT2D eigenvalue weighted by Gasteiger charge is 2.50. The summed E-state index contributed by atoms with van der Waals surface area (Å²) in [4.78, 5) is 49.0. The Bertz CT molecular complexity index is 876. The lowest BCUT2D eigenvalue weighted by Gasteiger charge is -2.45. The maximum Gasteiger partial charge on any atom is 0.407 e. The highest BCUT2D eigenvalue weighted by atomic mass is 16.5. The normalized spacial score (nSPS) is 24.1. The van der Waals surface area contributed by atoms with Crippen LogP contribution in [0.4, 0.5) is 16.3 Å². The number of nitrogens with one attached hydrogen (secondary N) is 1. The van der Waals surface area contributed by atoms with E-state index in [4.69, 9.17) is 10.5 Å². The fourth-order valence-corrected chi connectivity index (χ4v) is 4.80. The number of aromatic nitrogens is 1. The second-order valence-corrected chi connectivity index (χ2v) is 9.47. The van der Waals surface area contributed by atoms with Crippen molar-refractivity contribution in [1.29, 1.82) is 0 Å². The molecule has 0 bridgehead atoms. The number of amides is 3. The smallest absolute Gasteiger partial charge is 0.407 e. The predicted octanol–water partition coefficient (Wildman–Crippen LogP) is 1.46. The minimum Gasteiger partial charge on any atom is -0.453 e. The molecule has 3 rings (SSSR count). The molecule has 0 unspecified atom stereocenters. The van der Waals surface area contributed by atoms with E-state index in [1.165, 1.54) is 7.11 Å². The zero-order valence-corrected chi connectivity index (χ0v) is 20.2. The lowest BCUT2D eigenvalue weighted by Crippen LogP contribution is -2.64. The molecule has 0 saturated carbocycles. The lowest BCUT2D eigenvalue weighted by molar-refractivity contribution is -0.152. The summed E-state index contributed by atoms with van der Waals surface area (Å²) >= 11 is 0. The first-order valence-corrected chi connectivity index (χ1v) is 11.5. The van der Waals surface area contributed by atoms with Crippen molar-refractivity contribution in [2.75, 3.05) is 43.9 Å². The van der Waals surface area contributed by atoms with Crippen LogP contribution in [0.3, 0.4) is 0 Å². The zero-order chi connectivity index (χ0) is 24.3. The van der Waals surface area contributed by atoms with E-state index in [-0.39, 0.29) is 23.8 Å². The molecule has 1 aromatic rings. The van der Waals surface area contributed by atoms with Gasteiger partial charge in [-0.15, -0.1) is 0 Å². The summed E-state index contributed by atoms with van der Waals surface area (Å²) in [5.74, 6) is 0.390. The van der Waals surface area contributed by atoms with Crippen LogP contribution >= 0.6 is 0 Å². The fourth-order valence-electron chi connectivity index (χ4n) is 4.80. The Hall–Kier alpha value is -3.04. The van der Waals surface area contributed by atoms with Crippen molar-refractivity contribution in [1.82, 2.24) is 20.1 Å². The highest BCUT2D eigenvalue weighted by molar-refractivity contribution is 5.94.